The van der Waals surface area contributed by atoms with Gasteiger partial charge in [-0.15, -0.1) is 0 Å². The number of hydrogen-bond acceptors (Lipinski definition) is 4. The van der Waals surface area contributed by atoms with E-state index in [1.54, 1.807) is 0 Å². The molecule has 0 unspecified atom stereocenters. The Morgan fingerprint density at radius 2 is 1.78 bits per heavy atom. The van der Waals surface area contributed by atoms with Crippen LogP contribution < -0.4 is 10.2 Å². The number of fused-ring (bicyclic) bond motifs is 1. The first-order valence-electron chi connectivity index (χ1n) is 9.15. The van der Waals surface area contributed by atoms with Gasteiger partial charge < -0.3 is 10.2 Å². The zero-order valence-electron chi connectivity index (χ0n) is 14.9. The van der Waals surface area contributed by atoms with Gasteiger partial charge >= 0.3 is 0 Å². The van der Waals surface area contributed by atoms with Crippen molar-refractivity contribution in [1.82, 2.24) is 10.3 Å². The van der Waals surface area contributed by atoms with E-state index in [0.717, 1.165) is 42.5 Å². The number of para-hydroxylation sites is 1. The van der Waals surface area contributed by atoms with E-state index in [4.69, 9.17) is 0 Å². The van der Waals surface area contributed by atoms with E-state index in [1.807, 2.05) is 60.7 Å². The minimum absolute atomic E-state index is 0.0184. The zero-order valence-corrected chi connectivity index (χ0v) is 14.9. The summed E-state index contributed by atoms with van der Waals surface area (Å²) in [5.74, 6) is -0.0184. The second-order valence-corrected chi connectivity index (χ2v) is 6.76. The molecule has 1 N–H and O–H groups in total. The van der Waals surface area contributed by atoms with Crippen molar-refractivity contribution in [1.29, 1.82) is 5.26 Å². The first-order chi connectivity index (χ1) is 13.2. The molecule has 2 aromatic carbocycles. The molecule has 1 aromatic heterocycles. The fourth-order valence-electron chi connectivity index (χ4n) is 3.60. The number of hydrogen-bond donors (Lipinski definition) is 1. The van der Waals surface area contributed by atoms with Crippen molar-refractivity contribution in [3.8, 4) is 6.07 Å². The molecular formula is C22H20N4O. The zero-order chi connectivity index (χ0) is 18.6. The van der Waals surface area contributed by atoms with E-state index in [1.165, 1.54) is 0 Å². The highest BCUT2D eigenvalue weighted by atomic mass is 16.1. The highest BCUT2D eigenvalue weighted by Gasteiger charge is 2.23. The van der Waals surface area contributed by atoms with Crippen LogP contribution in [0.3, 0.4) is 0 Å². The predicted octanol–water partition coefficient (Wildman–Crippen LogP) is 3.51. The van der Waals surface area contributed by atoms with Gasteiger partial charge in [-0.2, -0.15) is 5.26 Å². The van der Waals surface area contributed by atoms with Crippen LogP contribution in [0, 0.1) is 11.3 Å². The normalized spacial score (nSPS) is 14.7. The first kappa shape index (κ1) is 17.0. The molecule has 1 aliphatic heterocycles. The fourth-order valence-corrected chi connectivity index (χ4v) is 3.60. The van der Waals surface area contributed by atoms with Crippen molar-refractivity contribution in [3.05, 3.63) is 71.9 Å². The van der Waals surface area contributed by atoms with E-state index in [2.05, 4.69) is 21.3 Å². The lowest BCUT2D eigenvalue weighted by atomic mass is 10.0. The lowest BCUT2D eigenvalue weighted by Gasteiger charge is -2.34. The van der Waals surface area contributed by atoms with Crippen molar-refractivity contribution in [3.63, 3.8) is 0 Å². The van der Waals surface area contributed by atoms with Gasteiger partial charge in [0.2, 0.25) is 0 Å². The summed E-state index contributed by atoms with van der Waals surface area (Å²) in [7, 11) is 0. The summed E-state index contributed by atoms with van der Waals surface area (Å²) in [6.07, 6.45) is 1.74. The predicted molar refractivity (Wildman–Crippen MR) is 106 cm³/mol. The van der Waals surface area contributed by atoms with Crippen LogP contribution in [-0.2, 0) is 0 Å². The Kier molecular flexibility index (Phi) is 4.71. The van der Waals surface area contributed by atoms with Crippen LogP contribution in [0.1, 0.15) is 28.9 Å². The molecular weight excluding hydrogens is 336 g/mol. The second-order valence-electron chi connectivity index (χ2n) is 6.76. The van der Waals surface area contributed by atoms with Gasteiger partial charge in [-0.1, -0.05) is 36.4 Å². The molecule has 1 saturated heterocycles. The van der Waals surface area contributed by atoms with Crippen molar-refractivity contribution in [2.45, 2.75) is 18.9 Å². The molecule has 134 valence electrons. The number of amides is 1. The monoisotopic (exact) mass is 356 g/mol. The second kappa shape index (κ2) is 7.46. The topological polar surface area (TPSA) is 69.0 Å². The number of aromatic nitrogens is 1. The minimum atomic E-state index is -0.0184. The number of benzene rings is 2. The van der Waals surface area contributed by atoms with Crippen LogP contribution >= 0.6 is 0 Å². The van der Waals surface area contributed by atoms with Crippen molar-refractivity contribution >= 4 is 22.5 Å². The molecule has 0 atom stereocenters. The van der Waals surface area contributed by atoms with Crippen LogP contribution in [0.2, 0.25) is 0 Å². The van der Waals surface area contributed by atoms with Gasteiger partial charge in [-0.25, -0.2) is 4.98 Å². The summed E-state index contributed by atoms with van der Waals surface area (Å²) in [6.45, 7) is 1.66. The van der Waals surface area contributed by atoms with E-state index in [9.17, 15) is 10.1 Å². The van der Waals surface area contributed by atoms with Crippen molar-refractivity contribution in [2.24, 2.45) is 0 Å². The SMILES string of the molecule is N#Cc1cc(N2CCC(NC(=O)c3ccccc3)CC2)c2ccccc2n1. The maximum absolute atomic E-state index is 12.4. The van der Waals surface area contributed by atoms with Crippen LogP contribution in [0.4, 0.5) is 5.69 Å². The maximum Gasteiger partial charge on any atom is 0.251 e. The molecule has 2 heterocycles. The van der Waals surface area contributed by atoms with Crippen LogP contribution in [0.5, 0.6) is 0 Å². The van der Waals surface area contributed by atoms with E-state index < -0.39 is 0 Å². The van der Waals surface area contributed by atoms with Crippen molar-refractivity contribution < 1.29 is 4.79 Å². The lowest BCUT2D eigenvalue weighted by molar-refractivity contribution is 0.0931. The van der Waals surface area contributed by atoms with Gasteiger partial charge in [0.15, 0.2) is 0 Å². The molecule has 27 heavy (non-hydrogen) atoms. The number of nitriles is 1. The summed E-state index contributed by atoms with van der Waals surface area (Å²) in [5, 5.41) is 13.5. The maximum atomic E-state index is 12.4. The lowest BCUT2D eigenvalue weighted by Crippen LogP contribution is -2.44. The van der Waals surface area contributed by atoms with Gasteiger partial charge in [0.05, 0.1) is 5.52 Å². The summed E-state index contributed by atoms with van der Waals surface area (Å²) in [6, 6.07) is 21.4. The smallest absolute Gasteiger partial charge is 0.251 e. The Bertz CT molecular complexity index is 1000. The Morgan fingerprint density at radius 1 is 1.07 bits per heavy atom. The molecule has 5 nitrogen and oxygen atoms in total. The summed E-state index contributed by atoms with van der Waals surface area (Å²) >= 11 is 0. The highest BCUT2D eigenvalue weighted by molar-refractivity contribution is 5.94. The molecule has 0 spiro atoms. The molecule has 4 rings (SSSR count). The summed E-state index contributed by atoms with van der Waals surface area (Å²) in [5.41, 5.74) is 3.01. The number of anilines is 1. The third-order valence-electron chi connectivity index (χ3n) is 5.02. The average molecular weight is 356 g/mol. The highest BCUT2D eigenvalue weighted by Crippen LogP contribution is 2.29. The molecule has 1 aliphatic rings. The van der Waals surface area contributed by atoms with Crippen LogP contribution in [0.15, 0.2) is 60.7 Å². The third-order valence-corrected chi connectivity index (χ3v) is 5.02. The van der Waals surface area contributed by atoms with Crippen LogP contribution in [0.25, 0.3) is 10.9 Å². The molecule has 0 aliphatic carbocycles. The first-order valence-corrected chi connectivity index (χ1v) is 9.15. The van der Waals surface area contributed by atoms with Gasteiger partial charge in [0.1, 0.15) is 11.8 Å². The van der Waals surface area contributed by atoms with E-state index in [0.29, 0.717) is 11.3 Å². The number of nitrogens with one attached hydrogen (secondary N) is 1. The van der Waals surface area contributed by atoms with E-state index >= 15 is 0 Å². The van der Waals surface area contributed by atoms with Gasteiger partial charge in [-0.05, 0) is 37.1 Å². The Labute approximate surface area is 158 Å². The molecule has 5 heteroatoms. The number of rotatable bonds is 3. The van der Waals surface area contributed by atoms with Crippen molar-refractivity contribution in [2.75, 3.05) is 18.0 Å². The Hall–Kier alpha value is -3.39. The molecule has 0 radical (unpaired) electrons. The van der Waals surface area contributed by atoms with Gasteiger partial charge in [-0.3, -0.25) is 4.79 Å². The van der Waals surface area contributed by atoms with Gasteiger partial charge in [0.25, 0.3) is 5.91 Å². The average Bonchev–Trinajstić information content (AvgIpc) is 2.74. The molecule has 1 fully saturated rings. The molecule has 3 aromatic rings. The molecule has 0 saturated carbocycles. The number of piperidine rings is 1. The Balaban J connectivity index is 1.48. The number of nitrogens with zero attached hydrogens (tertiary/aromatic N) is 3. The van der Waals surface area contributed by atoms with E-state index in [-0.39, 0.29) is 11.9 Å². The summed E-state index contributed by atoms with van der Waals surface area (Å²) < 4.78 is 0. The van der Waals surface area contributed by atoms with Gasteiger partial charge in [0, 0.05) is 35.8 Å². The quantitative estimate of drug-likeness (QED) is 0.780. The fraction of sp³-hybridized carbons (Fsp3) is 0.227. The largest absolute Gasteiger partial charge is 0.371 e. The Morgan fingerprint density at radius 3 is 2.52 bits per heavy atom. The molecule has 1 amide bonds. The number of pyridine rings is 1. The third kappa shape index (κ3) is 3.61. The summed E-state index contributed by atoms with van der Waals surface area (Å²) in [4.78, 5) is 19.0. The van der Waals surface area contributed by atoms with Crippen LogP contribution in [-0.4, -0.2) is 30.0 Å². The number of carbonyl (C=O) groups is 1. The number of carbonyl (C=O) groups excluding carboxylic acids is 1. The standard InChI is InChI=1S/C22H20N4O/c23-15-18-14-21(19-8-4-5-9-20(19)24-18)26-12-10-17(11-13-26)25-22(27)16-6-2-1-3-7-16/h1-9,14,17H,10-13H2,(H,25,27). The molecule has 0 bridgehead atoms. The minimum Gasteiger partial charge on any atom is -0.371 e.